The molecule has 0 aromatic heterocycles. The fourth-order valence-electron chi connectivity index (χ4n) is 1.74. The highest BCUT2D eigenvalue weighted by molar-refractivity contribution is 7.89. The third-order valence-corrected chi connectivity index (χ3v) is 4.70. The highest BCUT2D eigenvalue weighted by atomic mass is 35.5. The minimum absolute atomic E-state index is 0.0521. The number of anilines is 1. The molecule has 22 heavy (non-hydrogen) atoms. The Kier molecular flexibility index (Phi) is 5.18. The molecule has 0 aliphatic rings. The maximum Gasteiger partial charge on any atom is 0.242 e. The lowest BCUT2D eigenvalue weighted by Gasteiger charge is -2.14. The van der Waals surface area contributed by atoms with E-state index in [0.717, 1.165) is 0 Å². The van der Waals surface area contributed by atoms with Crippen LogP contribution >= 0.6 is 11.6 Å². The maximum absolute atomic E-state index is 12.2. The summed E-state index contributed by atoms with van der Waals surface area (Å²) < 4.78 is 26.7. The van der Waals surface area contributed by atoms with E-state index in [-0.39, 0.29) is 4.90 Å². The Hall–Kier alpha value is -1.89. The van der Waals surface area contributed by atoms with Crippen molar-refractivity contribution in [3.8, 4) is 0 Å². The summed E-state index contributed by atoms with van der Waals surface area (Å²) in [6, 6.07) is 13.6. The van der Waals surface area contributed by atoms with Crippen LogP contribution in [0.1, 0.15) is 6.92 Å². The van der Waals surface area contributed by atoms with Gasteiger partial charge >= 0.3 is 0 Å². The van der Waals surface area contributed by atoms with E-state index < -0.39 is 22.0 Å². The van der Waals surface area contributed by atoms with Gasteiger partial charge in [-0.3, -0.25) is 4.79 Å². The van der Waals surface area contributed by atoms with Crippen LogP contribution in [0.4, 0.5) is 5.69 Å². The molecule has 2 rings (SSSR count). The van der Waals surface area contributed by atoms with Crippen molar-refractivity contribution in [2.75, 3.05) is 5.32 Å². The summed E-state index contributed by atoms with van der Waals surface area (Å²) in [5.41, 5.74) is 0.602. The number of halogens is 1. The zero-order valence-corrected chi connectivity index (χ0v) is 13.4. The predicted molar refractivity (Wildman–Crippen MR) is 86.3 cm³/mol. The second-order valence-electron chi connectivity index (χ2n) is 4.65. The van der Waals surface area contributed by atoms with E-state index in [1.54, 1.807) is 24.3 Å². The number of amides is 1. The number of hydrogen-bond donors (Lipinski definition) is 2. The Balaban J connectivity index is 2.05. The normalized spacial score (nSPS) is 12.6. The smallest absolute Gasteiger partial charge is 0.242 e. The maximum atomic E-state index is 12.2. The van der Waals surface area contributed by atoms with Crippen molar-refractivity contribution in [3.63, 3.8) is 0 Å². The Labute approximate surface area is 134 Å². The largest absolute Gasteiger partial charge is 0.325 e. The SMILES string of the molecule is CC(NS(=O)(=O)c1ccc(Cl)cc1)C(=O)Nc1ccccc1. The van der Waals surface area contributed by atoms with E-state index in [1.165, 1.54) is 31.2 Å². The first kappa shape index (κ1) is 16.5. The molecule has 0 saturated carbocycles. The third kappa shape index (κ3) is 4.30. The molecule has 0 fully saturated rings. The van der Waals surface area contributed by atoms with Crippen LogP contribution in [0.3, 0.4) is 0 Å². The van der Waals surface area contributed by atoms with E-state index in [0.29, 0.717) is 10.7 Å². The summed E-state index contributed by atoms with van der Waals surface area (Å²) in [6.45, 7) is 1.48. The van der Waals surface area contributed by atoms with Crippen LogP contribution < -0.4 is 10.0 Å². The lowest BCUT2D eigenvalue weighted by molar-refractivity contribution is -0.117. The van der Waals surface area contributed by atoms with Gasteiger partial charge in [0.25, 0.3) is 0 Å². The zero-order chi connectivity index (χ0) is 16.2. The molecule has 0 radical (unpaired) electrons. The average Bonchev–Trinajstić information content (AvgIpc) is 2.48. The van der Waals surface area contributed by atoms with Gasteiger partial charge in [-0.15, -0.1) is 0 Å². The van der Waals surface area contributed by atoms with Crippen molar-refractivity contribution >= 4 is 33.2 Å². The van der Waals surface area contributed by atoms with Crippen LogP contribution in [0.15, 0.2) is 59.5 Å². The minimum atomic E-state index is -3.78. The Bertz CT molecular complexity index is 746. The van der Waals surface area contributed by atoms with Crippen LogP contribution in [0.2, 0.25) is 5.02 Å². The van der Waals surface area contributed by atoms with Crippen LogP contribution in [0, 0.1) is 0 Å². The summed E-state index contributed by atoms with van der Waals surface area (Å²) >= 11 is 5.73. The first-order valence-electron chi connectivity index (χ1n) is 6.52. The first-order valence-corrected chi connectivity index (χ1v) is 8.38. The summed E-state index contributed by atoms with van der Waals surface area (Å²) in [6.07, 6.45) is 0. The van der Waals surface area contributed by atoms with Crippen LogP contribution in [0.5, 0.6) is 0 Å². The monoisotopic (exact) mass is 338 g/mol. The predicted octanol–water partition coefficient (Wildman–Crippen LogP) is 2.65. The number of rotatable bonds is 5. The summed E-state index contributed by atoms with van der Waals surface area (Å²) in [5.74, 6) is -0.441. The van der Waals surface area contributed by atoms with Crippen molar-refractivity contribution < 1.29 is 13.2 Å². The van der Waals surface area contributed by atoms with E-state index in [4.69, 9.17) is 11.6 Å². The number of para-hydroxylation sites is 1. The third-order valence-electron chi connectivity index (χ3n) is 2.89. The van der Waals surface area contributed by atoms with Crippen molar-refractivity contribution in [1.29, 1.82) is 0 Å². The van der Waals surface area contributed by atoms with Gasteiger partial charge in [0.15, 0.2) is 0 Å². The molecule has 1 unspecified atom stereocenters. The van der Waals surface area contributed by atoms with Crippen LogP contribution in [0.25, 0.3) is 0 Å². The van der Waals surface area contributed by atoms with Crippen molar-refractivity contribution in [3.05, 3.63) is 59.6 Å². The van der Waals surface area contributed by atoms with Crippen molar-refractivity contribution in [2.24, 2.45) is 0 Å². The summed E-state index contributed by atoms with van der Waals surface area (Å²) in [7, 11) is -3.78. The number of nitrogens with one attached hydrogen (secondary N) is 2. The molecule has 116 valence electrons. The molecule has 0 aliphatic carbocycles. The van der Waals surface area contributed by atoms with Crippen LogP contribution in [-0.4, -0.2) is 20.4 Å². The Morgan fingerprint density at radius 3 is 2.23 bits per heavy atom. The molecule has 2 N–H and O–H groups in total. The first-order chi connectivity index (χ1) is 10.4. The highest BCUT2D eigenvalue weighted by Crippen LogP contribution is 2.14. The van der Waals surface area contributed by atoms with E-state index in [9.17, 15) is 13.2 Å². The quantitative estimate of drug-likeness (QED) is 0.880. The van der Waals surface area contributed by atoms with Gasteiger partial charge in [0, 0.05) is 10.7 Å². The molecule has 5 nitrogen and oxygen atoms in total. The second-order valence-corrected chi connectivity index (χ2v) is 6.80. The molecular weight excluding hydrogens is 324 g/mol. The summed E-state index contributed by atoms with van der Waals surface area (Å²) in [5, 5.41) is 3.08. The number of sulfonamides is 1. The lowest BCUT2D eigenvalue weighted by atomic mass is 10.3. The molecule has 7 heteroatoms. The molecule has 0 saturated heterocycles. The van der Waals surface area contributed by atoms with Gasteiger partial charge in [0.2, 0.25) is 15.9 Å². The molecule has 0 spiro atoms. The topological polar surface area (TPSA) is 75.3 Å². The standard InChI is InChI=1S/C15H15ClN2O3S/c1-11(15(19)17-13-5-3-2-4-6-13)18-22(20,21)14-9-7-12(16)8-10-14/h2-11,18H,1H3,(H,17,19). The van der Waals surface area contributed by atoms with Crippen LogP contribution in [-0.2, 0) is 14.8 Å². The second kappa shape index (κ2) is 6.91. The molecule has 0 bridgehead atoms. The number of hydrogen-bond acceptors (Lipinski definition) is 3. The fraction of sp³-hybridized carbons (Fsp3) is 0.133. The molecule has 2 aromatic rings. The summed E-state index contributed by atoms with van der Waals surface area (Å²) in [4.78, 5) is 12.1. The zero-order valence-electron chi connectivity index (χ0n) is 11.8. The molecule has 0 heterocycles. The Morgan fingerprint density at radius 1 is 1.05 bits per heavy atom. The number of benzene rings is 2. The lowest BCUT2D eigenvalue weighted by Crippen LogP contribution is -2.41. The highest BCUT2D eigenvalue weighted by Gasteiger charge is 2.22. The molecular formula is C15H15ClN2O3S. The molecule has 1 atom stereocenters. The fourth-order valence-corrected chi connectivity index (χ4v) is 3.07. The average molecular weight is 339 g/mol. The molecule has 1 amide bonds. The van der Waals surface area contributed by atoms with Gasteiger partial charge < -0.3 is 5.32 Å². The number of carbonyl (C=O) groups excluding carboxylic acids is 1. The van der Waals surface area contributed by atoms with Gasteiger partial charge in [-0.1, -0.05) is 29.8 Å². The van der Waals surface area contributed by atoms with E-state index >= 15 is 0 Å². The van der Waals surface area contributed by atoms with E-state index in [2.05, 4.69) is 10.0 Å². The van der Waals surface area contributed by atoms with Gasteiger partial charge in [-0.25, -0.2) is 8.42 Å². The molecule has 0 aliphatic heterocycles. The van der Waals surface area contributed by atoms with Gasteiger partial charge in [-0.05, 0) is 43.3 Å². The van der Waals surface area contributed by atoms with E-state index in [1.807, 2.05) is 6.07 Å². The van der Waals surface area contributed by atoms with Crippen molar-refractivity contribution in [2.45, 2.75) is 17.9 Å². The minimum Gasteiger partial charge on any atom is -0.325 e. The van der Waals surface area contributed by atoms with Gasteiger partial charge in [0.05, 0.1) is 10.9 Å². The Morgan fingerprint density at radius 2 is 1.64 bits per heavy atom. The van der Waals surface area contributed by atoms with Gasteiger partial charge in [-0.2, -0.15) is 4.72 Å². The number of carbonyl (C=O) groups is 1. The van der Waals surface area contributed by atoms with Gasteiger partial charge in [0.1, 0.15) is 0 Å². The van der Waals surface area contributed by atoms with Crippen molar-refractivity contribution in [1.82, 2.24) is 4.72 Å². The molecule has 2 aromatic carbocycles.